The molecule has 0 amide bonds. The van der Waals surface area contributed by atoms with Gasteiger partial charge in [-0.3, -0.25) is 4.57 Å². The Labute approximate surface area is 96.9 Å². The molecule has 0 saturated heterocycles. The van der Waals surface area contributed by atoms with Crippen LogP contribution in [0.25, 0.3) is 11.2 Å². The average Bonchev–Trinajstić information content (AvgIpc) is 2.42. The van der Waals surface area contributed by atoms with Crippen molar-refractivity contribution in [2.45, 2.75) is 27.3 Å². The predicted molar refractivity (Wildman–Crippen MR) is 63.7 cm³/mol. The third kappa shape index (κ3) is 1.94. The highest BCUT2D eigenvalue weighted by Crippen LogP contribution is 2.18. The van der Waals surface area contributed by atoms with E-state index < -0.39 is 0 Å². The molecule has 0 saturated carbocycles. The topological polar surface area (TPSA) is 12.7 Å². The van der Waals surface area contributed by atoms with Gasteiger partial charge in [0.05, 0.1) is 0 Å². The molecule has 3 heteroatoms. The second-order valence-electron chi connectivity index (χ2n) is 5.74. The molecule has 2 heterocycles. The summed E-state index contributed by atoms with van der Waals surface area (Å²) in [6.45, 7) is 7.83. The number of aryl methyl sites for hydroxylation is 2. The highest BCUT2D eigenvalue weighted by molar-refractivity contribution is 5.63. The Kier molecular flexibility index (Phi) is 2.49. The van der Waals surface area contributed by atoms with Gasteiger partial charge >= 0.3 is 5.65 Å². The van der Waals surface area contributed by atoms with Crippen LogP contribution in [0.5, 0.6) is 0 Å². The van der Waals surface area contributed by atoms with Crippen LogP contribution in [-0.2, 0) is 20.6 Å². The van der Waals surface area contributed by atoms with Crippen molar-refractivity contribution >= 4 is 11.2 Å². The van der Waals surface area contributed by atoms with Crippen molar-refractivity contribution in [2.75, 3.05) is 0 Å². The Bertz CT molecular complexity index is 518. The molecule has 0 bridgehead atoms. The number of fused-ring (bicyclic) bond motifs is 1. The molecule has 0 atom stereocenters. The zero-order chi connectivity index (χ0) is 11.9. The fraction of sp³-hybridized carbons (Fsp3) is 0.538. The molecule has 0 aliphatic rings. The van der Waals surface area contributed by atoms with E-state index in [1.807, 2.05) is 0 Å². The van der Waals surface area contributed by atoms with Crippen molar-refractivity contribution in [3.05, 3.63) is 24.7 Å². The van der Waals surface area contributed by atoms with E-state index >= 15 is 0 Å². The van der Waals surface area contributed by atoms with Crippen molar-refractivity contribution in [2.24, 2.45) is 19.5 Å². The lowest BCUT2D eigenvalue weighted by Crippen LogP contribution is -2.40. The molecule has 86 valence electrons. The summed E-state index contributed by atoms with van der Waals surface area (Å²) in [5.41, 5.74) is 2.85. The van der Waals surface area contributed by atoms with Crippen molar-refractivity contribution in [3.63, 3.8) is 0 Å². The minimum Gasteiger partial charge on any atom is -0.283 e. The maximum Gasteiger partial charge on any atom is 0.468 e. The van der Waals surface area contributed by atoms with Gasteiger partial charge in [-0.15, -0.1) is 9.13 Å². The predicted octanol–water partition coefficient (Wildman–Crippen LogP) is 1.34. The molecule has 0 aliphatic heterocycles. The third-order valence-corrected chi connectivity index (χ3v) is 2.73. The van der Waals surface area contributed by atoms with E-state index in [2.05, 4.69) is 73.2 Å². The normalized spacial score (nSPS) is 12.3. The van der Waals surface area contributed by atoms with E-state index in [1.165, 1.54) is 11.2 Å². The number of pyridine rings is 1. The Hall–Kier alpha value is -1.38. The maximum atomic E-state index is 2.33. The van der Waals surface area contributed by atoms with E-state index in [1.54, 1.807) is 0 Å². The maximum absolute atomic E-state index is 2.33. The van der Waals surface area contributed by atoms with Gasteiger partial charge in [0.2, 0.25) is 0 Å². The van der Waals surface area contributed by atoms with Gasteiger partial charge in [0.1, 0.15) is 14.1 Å². The summed E-state index contributed by atoms with van der Waals surface area (Å²) < 4.78 is 6.67. The number of aromatic nitrogens is 3. The Balaban J connectivity index is 2.60. The Morgan fingerprint density at radius 1 is 1.19 bits per heavy atom. The Morgan fingerprint density at radius 3 is 2.50 bits per heavy atom. The monoisotopic (exact) mass is 219 g/mol. The third-order valence-electron chi connectivity index (χ3n) is 2.73. The molecule has 0 N–H and O–H groups in total. The van der Waals surface area contributed by atoms with E-state index in [0.717, 1.165) is 6.54 Å². The van der Waals surface area contributed by atoms with Crippen molar-refractivity contribution < 1.29 is 9.13 Å². The van der Waals surface area contributed by atoms with Crippen LogP contribution in [-0.4, -0.2) is 4.57 Å². The van der Waals surface area contributed by atoms with E-state index in [4.69, 9.17) is 0 Å². The average molecular weight is 219 g/mol. The van der Waals surface area contributed by atoms with Gasteiger partial charge in [-0.1, -0.05) is 20.8 Å². The van der Waals surface area contributed by atoms with Gasteiger partial charge in [0.15, 0.2) is 11.7 Å². The van der Waals surface area contributed by atoms with Crippen molar-refractivity contribution in [1.29, 1.82) is 0 Å². The van der Waals surface area contributed by atoms with Crippen LogP contribution in [0.3, 0.4) is 0 Å². The number of nitrogens with zero attached hydrogens (tertiary/aromatic N) is 3. The molecule has 0 radical (unpaired) electrons. The molecule has 0 aromatic carbocycles. The Morgan fingerprint density at radius 2 is 1.88 bits per heavy atom. The summed E-state index contributed by atoms with van der Waals surface area (Å²) in [7, 11) is 4.19. The summed E-state index contributed by atoms with van der Waals surface area (Å²) in [4.78, 5) is 0. The molecule has 0 spiro atoms. The van der Waals surface area contributed by atoms with Gasteiger partial charge in [-0.05, 0) is 11.5 Å². The second-order valence-corrected chi connectivity index (χ2v) is 5.74. The lowest BCUT2D eigenvalue weighted by atomic mass is 9.97. The van der Waals surface area contributed by atoms with Crippen molar-refractivity contribution in [3.8, 4) is 0 Å². The van der Waals surface area contributed by atoms with Gasteiger partial charge in [0.25, 0.3) is 6.33 Å². The summed E-state index contributed by atoms with van der Waals surface area (Å²) >= 11 is 0. The first kappa shape index (κ1) is 11.1. The zero-order valence-electron chi connectivity index (χ0n) is 10.9. The summed E-state index contributed by atoms with van der Waals surface area (Å²) in [6.07, 6.45) is 4.26. The SMILES string of the molecule is C[n+]1cccc2c1[n+](C)cn2CC(C)(C)C. The molecular formula is C13H21N3+2. The molecule has 0 unspecified atom stereocenters. The minimum absolute atomic E-state index is 0.299. The number of imidazole rings is 1. The van der Waals surface area contributed by atoms with Crippen LogP contribution in [0.15, 0.2) is 24.7 Å². The summed E-state index contributed by atoms with van der Waals surface area (Å²) in [5, 5.41) is 0. The quantitative estimate of drug-likeness (QED) is 0.642. The van der Waals surface area contributed by atoms with Crippen molar-refractivity contribution in [1.82, 2.24) is 4.57 Å². The minimum atomic E-state index is 0.299. The number of hydrogen-bond acceptors (Lipinski definition) is 0. The molecular weight excluding hydrogens is 198 g/mol. The lowest BCUT2D eigenvalue weighted by Gasteiger charge is -2.17. The second kappa shape index (κ2) is 3.58. The number of rotatable bonds is 1. The van der Waals surface area contributed by atoms with Crippen LogP contribution >= 0.6 is 0 Å². The van der Waals surface area contributed by atoms with Gasteiger partial charge in [0, 0.05) is 12.6 Å². The molecule has 0 fully saturated rings. The fourth-order valence-corrected chi connectivity index (χ4v) is 2.21. The fourth-order valence-electron chi connectivity index (χ4n) is 2.21. The van der Waals surface area contributed by atoms with E-state index in [-0.39, 0.29) is 0 Å². The van der Waals surface area contributed by atoms with Crippen LogP contribution in [0.4, 0.5) is 0 Å². The van der Waals surface area contributed by atoms with Gasteiger partial charge < -0.3 is 0 Å². The smallest absolute Gasteiger partial charge is 0.283 e. The van der Waals surface area contributed by atoms with Crippen LogP contribution in [0.2, 0.25) is 0 Å². The first-order chi connectivity index (χ1) is 7.38. The van der Waals surface area contributed by atoms with Gasteiger partial charge in [-0.25, -0.2) is 0 Å². The zero-order valence-corrected chi connectivity index (χ0v) is 10.9. The standard InChI is InChI=1S/C13H21N3/c1-13(2,3)9-16-10-15(5)12-11(16)7-6-8-14(12)4/h6-8,10H,9H2,1-5H3/q+2. The van der Waals surface area contributed by atoms with E-state index in [9.17, 15) is 0 Å². The molecule has 2 rings (SSSR count). The molecule has 3 nitrogen and oxygen atoms in total. The van der Waals surface area contributed by atoms with Gasteiger partial charge in [-0.2, -0.15) is 0 Å². The van der Waals surface area contributed by atoms with Crippen LogP contribution in [0, 0.1) is 5.41 Å². The molecule has 2 aromatic rings. The number of hydrogen-bond donors (Lipinski definition) is 0. The lowest BCUT2D eigenvalue weighted by molar-refractivity contribution is -0.753. The van der Waals surface area contributed by atoms with Crippen LogP contribution < -0.4 is 9.13 Å². The molecule has 2 aromatic heterocycles. The van der Waals surface area contributed by atoms with Crippen LogP contribution in [0.1, 0.15) is 20.8 Å². The molecule has 0 aliphatic carbocycles. The largest absolute Gasteiger partial charge is 0.468 e. The highest BCUT2D eigenvalue weighted by Gasteiger charge is 2.23. The first-order valence-corrected chi connectivity index (χ1v) is 5.71. The highest BCUT2D eigenvalue weighted by atomic mass is 15.2. The first-order valence-electron chi connectivity index (χ1n) is 5.71. The van der Waals surface area contributed by atoms with E-state index in [0.29, 0.717) is 5.41 Å². The molecule has 16 heavy (non-hydrogen) atoms. The summed E-state index contributed by atoms with van der Waals surface area (Å²) in [6, 6.07) is 4.28. The summed E-state index contributed by atoms with van der Waals surface area (Å²) in [5.74, 6) is 0.